The van der Waals surface area contributed by atoms with Crippen molar-refractivity contribution in [3.63, 3.8) is 0 Å². The minimum atomic E-state index is -0.0399. The number of methoxy groups -OCH3 is 2. The number of nitrogens with one attached hydrogen (secondary N) is 1. The Kier molecular flexibility index (Phi) is 9.11. The van der Waals surface area contributed by atoms with Gasteiger partial charge in [0.1, 0.15) is 12.4 Å². The van der Waals surface area contributed by atoms with E-state index < -0.39 is 0 Å². The van der Waals surface area contributed by atoms with E-state index >= 15 is 0 Å². The zero-order valence-electron chi connectivity index (χ0n) is 17.6. The van der Waals surface area contributed by atoms with E-state index in [9.17, 15) is 0 Å². The molecule has 0 amide bonds. The van der Waals surface area contributed by atoms with Crippen molar-refractivity contribution in [2.75, 3.05) is 41.0 Å². The quantitative estimate of drug-likeness (QED) is 0.471. The molecule has 0 saturated heterocycles. The van der Waals surface area contributed by atoms with Gasteiger partial charge in [0.15, 0.2) is 17.5 Å². The van der Waals surface area contributed by atoms with Gasteiger partial charge in [0, 0.05) is 20.1 Å². The number of guanidine groups is 1. The number of hydrogen-bond acceptors (Lipinski definition) is 5. The lowest BCUT2D eigenvalue weighted by molar-refractivity contribution is 0.196. The lowest BCUT2D eigenvalue weighted by atomic mass is 10.2. The molecule has 2 rings (SSSR count). The van der Waals surface area contributed by atoms with Gasteiger partial charge in [0.25, 0.3) is 0 Å². The second-order valence-electron chi connectivity index (χ2n) is 6.43. The molecule has 0 aliphatic rings. The van der Waals surface area contributed by atoms with Crippen LogP contribution in [0.5, 0.6) is 17.2 Å². The summed E-state index contributed by atoms with van der Waals surface area (Å²) in [4.78, 5) is 6.84. The van der Waals surface area contributed by atoms with E-state index in [2.05, 4.69) is 22.3 Å². The molecule has 7 heteroatoms. The molecule has 0 aliphatic heterocycles. The Bertz CT molecular complexity index is 778. The number of aliphatic imine (C=N–C) groups is 1. The van der Waals surface area contributed by atoms with Crippen LogP contribution in [0.1, 0.15) is 18.1 Å². The molecule has 2 aromatic rings. The summed E-state index contributed by atoms with van der Waals surface area (Å²) in [5.41, 5.74) is 2.18. The molecule has 0 heterocycles. The van der Waals surface area contributed by atoms with E-state index in [0.717, 1.165) is 30.4 Å². The molecule has 0 saturated carbocycles. The fourth-order valence-corrected chi connectivity index (χ4v) is 2.80. The van der Waals surface area contributed by atoms with Crippen molar-refractivity contribution in [1.29, 1.82) is 0 Å². The van der Waals surface area contributed by atoms with Crippen LogP contribution < -0.4 is 19.5 Å². The highest BCUT2D eigenvalue weighted by atomic mass is 16.5. The summed E-state index contributed by atoms with van der Waals surface area (Å²) in [6.45, 7) is 4.26. The van der Waals surface area contributed by atoms with E-state index in [1.165, 1.54) is 5.56 Å². The predicted molar refractivity (Wildman–Crippen MR) is 115 cm³/mol. The lowest BCUT2D eigenvalue weighted by Gasteiger charge is -2.22. The largest absolute Gasteiger partial charge is 0.497 e. The SMILES string of the molecule is CCNC(=NCc1ccc(OCCO)c(OC)c1)N(C)Cc1ccc(OC)cc1. The van der Waals surface area contributed by atoms with Gasteiger partial charge in [-0.05, 0) is 42.3 Å². The number of benzene rings is 2. The summed E-state index contributed by atoms with van der Waals surface area (Å²) in [5, 5.41) is 12.3. The van der Waals surface area contributed by atoms with Gasteiger partial charge in [-0.15, -0.1) is 0 Å². The fourth-order valence-electron chi connectivity index (χ4n) is 2.80. The van der Waals surface area contributed by atoms with Gasteiger partial charge in [-0.3, -0.25) is 0 Å². The first-order valence-corrected chi connectivity index (χ1v) is 9.64. The molecule has 158 valence electrons. The van der Waals surface area contributed by atoms with E-state index in [4.69, 9.17) is 24.3 Å². The number of aliphatic hydroxyl groups is 1. The number of ether oxygens (including phenoxy) is 3. The molecule has 7 nitrogen and oxygen atoms in total. The minimum Gasteiger partial charge on any atom is -0.497 e. The average molecular weight is 402 g/mol. The molecule has 29 heavy (non-hydrogen) atoms. The van der Waals surface area contributed by atoms with Gasteiger partial charge in [0.2, 0.25) is 0 Å². The summed E-state index contributed by atoms with van der Waals surface area (Å²) < 4.78 is 16.1. The predicted octanol–water partition coefficient (Wildman–Crippen LogP) is 2.67. The number of aliphatic hydroxyl groups excluding tert-OH is 1. The van der Waals surface area contributed by atoms with Crippen LogP contribution in [0, 0.1) is 0 Å². The highest BCUT2D eigenvalue weighted by Crippen LogP contribution is 2.28. The van der Waals surface area contributed by atoms with Crippen LogP contribution in [-0.4, -0.2) is 57.0 Å². The number of rotatable bonds is 10. The van der Waals surface area contributed by atoms with Gasteiger partial charge < -0.3 is 29.5 Å². The average Bonchev–Trinajstić information content (AvgIpc) is 2.75. The smallest absolute Gasteiger partial charge is 0.194 e. The van der Waals surface area contributed by atoms with Gasteiger partial charge in [0.05, 0.1) is 27.4 Å². The highest BCUT2D eigenvalue weighted by molar-refractivity contribution is 5.79. The van der Waals surface area contributed by atoms with Gasteiger partial charge in [-0.2, -0.15) is 0 Å². The second kappa shape index (κ2) is 11.8. The summed E-state index contributed by atoms with van der Waals surface area (Å²) in [6.07, 6.45) is 0. The number of hydrogen-bond donors (Lipinski definition) is 2. The van der Waals surface area contributed by atoms with Crippen molar-refractivity contribution < 1.29 is 19.3 Å². The standard InChI is InChI=1S/C22H31N3O4/c1-5-23-22(25(2)16-17-6-9-19(27-3)10-7-17)24-15-18-8-11-20(29-13-12-26)21(14-18)28-4/h6-11,14,26H,5,12-13,15-16H2,1-4H3,(H,23,24). The third kappa shape index (κ3) is 6.87. The Morgan fingerprint density at radius 3 is 2.38 bits per heavy atom. The van der Waals surface area contributed by atoms with Crippen LogP contribution in [-0.2, 0) is 13.1 Å². The Balaban J connectivity index is 2.08. The third-order valence-corrected chi connectivity index (χ3v) is 4.26. The van der Waals surface area contributed by atoms with Crippen LogP contribution in [0.25, 0.3) is 0 Å². The molecule has 0 spiro atoms. The topological polar surface area (TPSA) is 75.6 Å². The molecular weight excluding hydrogens is 370 g/mol. The van der Waals surface area contributed by atoms with E-state index in [-0.39, 0.29) is 13.2 Å². The van der Waals surface area contributed by atoms with Crippen LogP contribution in [0.3, 0.4) is 0 Å². The Hall–Kier alpha value is -2.93. The number of nitrogens with zero attached hydrogens (tertiary/aromatic N) is 2. The molecule has 2 aromatic carbocycles. The maximum Gasteiger partial charge on any atom is 0.194 e. The Labute approximate surface area is 172 Å². The maximum absolute atomic E-state index is 8.92. The molecule has 0 aromatic heterocycles. The summed E-state index contributed by atoms with van der Waals surface area (Å²) >= 11 is 0. The second-order valence-corrected chi connectivity index (χ2v) is 6.43. The summed E-state index contributed by atoms with van der Waals surface area (Å²) in [7, 11) is 5.27. The van der Waals surface area contributed by atoms with E-state index in [1.807, 2.05) is 44.3 Å². The zero-order valence-corrected chi connectivity index (χ0v) is 17.6. The first-order chi connectivity index (χ1) is 14.1. The van der Waals surface area contributed by atoms with Crippen molar-refractivity contribution in [3.05, 3.63) is 53.6 Å². The molecule has 0 atom stereocenters. The van der Waals surface area contributed by atoms with Crippen molar-refractivity contribution in [3.8, 4) is 17.2 Å². The minimum absolute atomic E-state index is 0.0399. The molecule has 0 fully saturated rings. The Morgan fingerprint density at radius 2 is 1.76 bits per heavy atom. The summed E-state index contributed by atoms with van der Waals surface area (Å²) in [5.74, 6) is 2.90. The van der Waals surface area contributed by atoms with Gasteiger partial charge in [-0.25, -0.2) is 4.99 Å². The molecule has 0 bridgehead atoms. The zero-order chi connectivity index (χ0) is 21.1. The van der Waals surface area contributed by atoms with Crippen molar-refractivity contribution in [1.82, 2.24) is 10.2 Å². The van der Waals surface area contributed by atoms with Crippen LogP contribution in [0.2, 0.25) is 0 Å². The van der Waals surface area contributed by atoms with Gasteiger partial charge >= 0.3 is 0 Å². The molecular formula is C22H31N3O4. The highest BCUT2D eigenvalue weighted by Gasteiger charge is 2.09. The molecule has 0 aliphatic carbocycles. The monoisotopic (exact) mass is 401 g/mol. The molecule has 2 N–H and O–H groups in total. The molecule has 0 radical (unpaired) electrons. The van der Waals surface area contributed by atoms with Crippen molar-refractivity contribution in [2.45, 2.75) is 20.0 Å². The fraction of sp³-hybridized carbons (Fsp3) is 0.409. The maximum atomic E-state index is 8.92. The van der Waals surface area contributed by atoms with Gasteiger partial charge in [-0.1, -0.05) is 18.2 Å². The normalized spacial score (nSPS) is 11.1. The van der Waals surface area contributed by atoms with Crippen LogP contribution >= 0.6 is 0 Å². The molecule has 0 unspecified atom stereocenters. The first kappa shape index (κ1) is 22.4. The van der Waals surface area contributed by atoms with Crippen LogP contribution in [0.15, 0.2) is 47.5 Å². The Morgan fingerprint density at radius 1 is 1.03 bits per heavy atom. The van der Waals surface area contributed by atoms with E-state index in [1.54, 1.807) is 14.2 Å². The first-order valence-electron chi connectivity index (χ1n) is 9.64. The third-order valence-electron chi connectivity index (χ3n) is 4.26. The van der Waals surface area contributed by atoms with Crippen molar-refractivity contribution >= 4 is 5.96 Å². The van der Waals surface area contributed by atoms with Crippen LogP contribution in [0.4, 0.5) is 0 Å². The van der Waals surface area contributed by atoms with E-state index in [0.29, 0.717) is 18.0 Å². The lowest BCUT2D eigenvalue weighted by Crippen LogP contribution is -2.38. The summed E-state index contributed by atoms with van der Waals surface area (Å²) in [6, 6.07) is 13.7. The van der Waals surface area contributed by atoms with Crippen molar-refractivity contribution in [2.24, 2.45) is 4.99 Å².